The molecule has 0 atom stereocenters. The zero-order valence-electron chi connectivity index (χ0n) is 11.1. The highest BCUT2D eigenvalue weighted by molar-refractivity contribution is 5.39. The maximum Gasteiger partial charge on any atom is 0.120 e. The van der Waals surface area contributed by atoms with Gasteiger partial charge in [-0.05, 0) is 38.1 Å². The number of ether oxygens (including phenoxy) is 2. The van der Waals surface area contributed by atoms with Crippen molar-refractivity contribution in [1.29, 1.82) is 0 Å². The Morgan fingerprint density at radius 2 is 2.11 bits per heavy atom. The maximum atomic E-state index is 9.87. The third-order valence-electron chi connectivity index (χ3n) is 3.52. The monoisotopic (exact) mass is 251 g/mol. The average Bonchev–Trinajstić information content (AvgIpc) is 2.42. The minimum atomic E-state index is 0.328. The topological polar surface area (TPSA) is 41.9 Å². The highest BCUT2D eigenvalue weighted by Gasteiger charge is 2.19. The van der Waals surface area contributed by atoms with Crippen LogP contribution < -0.4 is 4.74 Å². The second kappa shape index (κ2) is 6.07. The molecule has 18 heavy (non-hydrogen) atoms. The largest absolute Gasteiger partial charge is 0.508 e. The van der Waals surface area contributed by atoms with Crippen LogP contribution in [0.25, 0.3) is 0 Å². The van der Waals surface area contributed by atoms with Crippen molar-refractivity contribution in [2.75, 3.05) is 27.4 Å². The molecular formula is C14H21NO3. The Morgan fingerprint density at radius 1 is 1.39 bits per heavy atom. The first-order valence-corrected chi connectivity index (χ1v) is 6.34. The van der Waals surface area contributed by atoms with E-state index in [4.69, 9.17) is 9.47 Å². The van der Waals surface area contributed by atoms with Crippen LogP contribution in [0, 0.1) is 0 Å². The van der Waals surface area contributed by atoms with Crippen molar-refractivity contribution in [3.63, 3.8) is 0 Å². The lowest BCUT2D eigenvalue weighted by atomic mass is 10.1. The van der Waals surface area contributed by atoms with Crippen molar-refractivity contribution in [1.82, 2.24) is 4.90 Å². The molecular weight excluding hydrogens is 230 g/mol. The summed E-state index contributed by atoms with van der Waals surface area (Å²) >= 11 is 0. The van der Waals surface area contributed by atoms with Gasteiger partial charge in [0.05, 0.1) is 7.11 Å². The molecule has 0 aromatic heterocycles. The molecule has 4 nitrogen and oxygen atoms in total. The van der Waals surface area contributed by atoms with E-state index < -0.39 is 0 Å². The molecule has 1 saturated heterocycles. The average molecular weight is 251 g/mol. The van der Waals surface area contributed by atoms with Crippen LogP contribution in [0.2, 0.25) is 0 Å². The van der Waals surface area contributed by atoms with Crippen LogP contribution in [0.1, 0.15) is 18.4 Å². The highest BCUT2D eigenvalue weighted by atomic mass is 16.5. The predicted molar refractivity (Wildman–Crippen MR) is 70.0 cm³/mol. The fraction of sp³-hybridized carbons (Fsp3) is 0.571. The second-order valence-electron chi connectivity index (χ2n) is 4.75. The highest BCUT2D eigenvalue weighted by Crippen LogP contribution is 2.25. The van der Waals surface area contributed by atoms with Gasteiger partial charge in [0, 0.05) is 31.4 Å². The summed E-state index contributed by atoms with van der Waals surface area (Å²) < 4.78 is 10.6. The van der Waals surface area contributed by atoms with Crippen LogP contribution in [0.5, 0.6) is 11.5 Å². The lowest BCUT2D eigenvalue weighted by molar-refractivity contribution is 0.0405. The molecule has 100 valence electrons. The van der Waals surface area contributed by atoms with E-state index in [-0.39, 0.29) is 0 Å². The van der Waals surface area contributed by atoms with Gasteiger partial charge in [0.25, 0.3) is 0 Å². The lowest BCUT2D eigenvalue weighted by Crippen LogP contribution is -2.36. The van der Waals surface area contributed by atoms with E-state index >= 15 is 0 Å². The minimum Gasteiger partial charge on any atom is -0.508 e. The van der Waals surface area contributed by atoms with Crippen molar-refractivity contribution in [3.8, 4) is 11.5 Å². The molecule has 2 rings (SSSR count). The number of methoxy groups -OCH3 is 1. The van der Waals surface area contributed by atoms with Gasteiger partial charge in [0.1, 0.15) is 11.5 Å². The molecule has 1 aliphatic rings. The molecule has 0 aliphatic carbocycles. The fourth-order valence-electron chi connectivity index (χ4n) is 2.34. The molecule has 0 amide bonds. The van der Waals surface area contributed by atoms with E-state index in [2.05, 4.69) is 11.9 Å². The van der Waals surface area contributed by atoms with Crippen LogP contribution >= 0.6 is 0 Å². The number of rotatable bonds is 4. The summed E-state index contributed by atoms with van der Waals surface area (Å²) in [5, 5.41) is 9.87. The van der Waals surface area contributed by atoms with E-state index in [0.717, 1.165) is 43.9 Å². The molecule has 1 aromatic rings. The molecule has 4 heteroatoms. The number of phenols is 1. The zero-order chi connectivity index (χ0) is 13.0. The summed E-state index contributed by atoms with van der Waals surface area (Å²) in [7, 11) is 3.73. The SMILES string of the molecule is COc1ccc(O)c(CN(C)C2CCOCC2)c1. The van der Waals surface area contributed by atoms with E-state index in [1.807, 2.05) is 6.07 Å². The van der Waals surface area contributed by atoms with Gasteiger partial charge < -0.3 is 14.6 Å². The third-order valence-corrected chi connectivity index (χ3v) is 3.52. The molecule has 0 unspecified atom stereocenters. The number of hydrogen-bond donors (Lipinski definition) is 1. The predicted octanol–water partition coefficient (Wildman–Crippen LogP) is 2.01. The van der Waals surface area contributed by atoms with E-state index in [1.165, 1.54) is 0 Å². The number of nitrogens with zero attached hydrogens (tertiary/aromatic N) is 1. The van der Waals surface area contributed by atoms with Gasteiger partial charge in [-0.15, -0.1) is 0 Å². The number of phenolic OH excluding ortho intramolecular Hbond substituents is 1. The first-order valence-electron chi connectivity index (χ1n) is 6.34. The Labute approximate surface area is 108 Å². The van der Waals surface area contributed by atoms with Crippen molar-refractivity contribution < 1.29 is 14.6 Å². The van der Waals surface area contributed by atoms with Gasteiger partial charge in [-0.1, -0.05) is 0 Å². The van der Waals surface area contributed by atoms with Crippen LogP contribution in [-0.2, 0) is 11.3 Å². The van der Waals surface area contributed by atoms with Gasteiger partial charge in [0.2, 0.25) is 0 Å². The normalized spacial score (nSPS) is 17.1. The number of aromatic hydroxyl groups is 1. The Bertz CT molecular complexity index is 389. The van der Waals surface area contributed by atoms with Crippen LogP contribution in [0.15, 0.2) is 18.2 Å². The van der Waals surface area contributed by atoms with E-state index in [9.17, 15) is 5.11 Å². The van der Waals surface area contributed by atoms with Gasteiger partial charge in [0.15, 0.2) is 0 Å². The molecule has 1 heterocycles. The number of benzene rings is 1. The molecule has 1 fully saturated rings. The molecule has 1 aromatic carbocycles. The van der Waals surface area contributed by atoms with Gasteiger partial charge in [-0.2, -0.15) is 0 Å². The zero-order valence-corrected chi connectivity index (χ0v) is 11.1. The molecule has 0 bridgehead atoms. The van der Waals surface area contributed by atoms with Crippen molar-refractivity contribution in [2.24, 2.45) is 0 Å². The first-order chi connectivity index (χ1) is 8.70. The summed E-state index contributed by atoms with van der Waals surface area (Å²) in [5.74, 6) is 1.11. The lowest BCUT2D eigenvalue weighted by Gasteiger charge is -2.31. The van der Waals surface area contributed by atoms with E-state index in [0.29, 0.717) is 11.8 Å². The van der Waals surface area contributed by atoms with Crippen LogP contribution in [0.3, 0.4) is 0 Å². The summed E-state index contributed by atoms with van der Waals surface area (Å²) in [4.78, 5) is 2.27. The Morgan fingerprint density at radius 3 is 2.78 bits per heavy atom. The summed E-state index contributed by atoms with van der Waals surface area (Å²) in [6.45, 7) is 2.39. The fourth-order valence-corrected chi connectivity index (χ4v) is 2.34. The van der Waals surface area contributed by atoms with E-state index in [1.54, 1.807) is 19.2 Å². The smallest absolute Gasteiger partial charge is 0.120 e. The van der Waals surface area contributed by atoms with Crippen LogP contribution in [-0.4, -0.2) is 43.4 Å². The van der Waals surface area contributed by atoms with Gasteiger partial charge in [-0.3, -0.25) is 4.90 Å². The van der Waals surface area contributed by atoms with Gasteiger partial charge in [-0.25, -0.2) is 0 Å². The number of hydrogen-bond acceptors (Lipinski definition) is 4. The third kappa shape index (κ3) is 3.15. The van der Waals surface area contributed by atoms with Crippen molar-refractivity contribution in [3.05, 3.63) is 23.8 Å². The molecule has 0 radical (unpaired) electrons. The molecule has 0 saturated carbocycles. The quantitative estimate of drug-likeness (QED) is 0.889. The Kier molecular flexibility index (Phi) is 4.44. The Balaban J connectivity index is 2.03. The van der Waals surface area contributed by atoms with Crippen molar-refractivity contribution >= 4 is 0 Å². The van der Waals surface area contributed by atoms with Gasteiger partial charge >= 0.3 is 0 Å². The molecule has 0 spiro atoms. The van der Waals surface area contributed by atoms with Crippen molar-refractivity contribution in [2.45, 2.75) is 25.4 Å². The second-order valence-corrected chi connectivity index (χ2v) is 4.75. The van der Waals surface area contributed by atoms with Crippen LogP contribution in [0.4, 0.5) is 0 Å². The summed E-state index contributed by atoms with van der Waals surface area (Å²) in [6, 6.07) is 5.88. The Hall–Kier alpha value is -1.26. The maximum absolute atomic E-state index is 9.87. The molecule has 1 N–H and O–H groups in total. The first kappa shape index (κ1) is 13.2. The summed E-state index contributed by atoms with van der Waals surface area (Å²) in [6.07, 6.45) is 2.11. The minimum absolute atomic E-state index is 0.328. The standard InChI is InChI=1S/C14H21NO3/c1-15(12-5-7-18-8-6-12)10-11-9-13(17-2)3-4-14(11)16/h3-4,9,12,16H,5-8,10H2,1-2H3. The summed E-state index contributed by atoms with van der Waals surface area (Å²) in [5.41, 5.74) is 0.906. The molecule has 1 aliphatic heterocycles.